The van der Waals surface area contributed by atoms with E-state index in [2.05, 4.69) is 9.85 Å². The Kier molecular flexibility index (Phi) is 4.53. The van der Waals surface area contributed by atoms with E-state index in [9.17, 15) is 4.79 Å². The van der Waals surface area contributed by atoms with E-state index in [0.717, 1.165) is 25.9 Å². The maximum atomic E-state index is 11.1. The molecule has 0 aromatic carbocycles. The molecule has 0 bridgehead atoms. The number of piperidine rings is 1. The number of hydrogen-bond donors (Lipinski definition) is 1. The molecular weight excluding hydrogens is 281 g/mol. The van der Waals surface area contributed by atoms with Crippen LogP contribution in [0.15, 0.2) is 0 Å². The minimum Gasteiger partial charge on any atom is -0.387 e. The van der Waals surface area contributed by atoms with Crippen LogP contribution in [-0.2, 0) is 4.79 Å². The van der Waals surface area contributed by atoms with E-state index in [0.29, 0.717) is 5.92 Å². The molecule has 0 aromatic heterocycles. The SMILES string of the molecule is O=C(CO)N1CCC(C#CI)CC1. The van der Waals surface area contributed by atoms with Crippen LogP contribution in [0.1, 0.15) is 12.8 Å². The zero-order chi connectivity index (χ0) is 9.68. The van der Waals surface area contributed by atoms with E-state index in [-0.39, 0.29) is 12.5 Å². The largest absolute Gasteiger partial charge is 0.387 e. The highest BCUT2D eigenvalue weighted by molar-refractivity contribution is 14.1. The van der Waals surface area contributed by atoms with E-state index in [1.807, 2.05) is 22.6 Å². The molecule has 4 heteroatoms. The van der Waals surface area contributed by atoms with Crippen LogP contribution in [0.5, 0.6) is 0 Å². The lowest BCUT2D eigenvalue weighted by Crippen LogP contribution is -2.39. The predicted molar refractivity (Wildman–Crippen MR) is 58.2 cm³/mol. The fourth-order valence-corrected chi connectivity index (χ4v) is 1.89. The van der Waals surface area contributed by atoms with Gasteiger partial charge < -0.3 is 10.0 Å². The molecule has 1 heterocycles. The normalized spacial score (nSPS) is 17.8. The predicted octanol–water partition coefficient (Wildman–Crippen LogP) is 0.613. The second-order valence-electron chi connectivity index (χ2n) is 3.05. The molecule has 0 saturated carbocycles. The number of aliphatic hydroxyl groups excluding tert-OH is 1. The maximum absolute atomic E-state index is 11.1. The van der Waals surface area contributed by atoms with E-state index >= 15 is 0 Å². The van der Waals surface area contributed by atoms with Crippen LogP contribution >= 0.6 is 22.6 Å². The summed E-state index contributed by atoms with van der Waals surface area (Å²) in [4.78, 5) is 12.8. The number of carbonyl (C=O) groups excluding carboxylic acids is 1. The zero-order valence-electron chi connectivity index (χ0n) is 7.29. The van der Waals surface area contributed by atoms with Gasteiger partial charge in [0.2, 0.25) is 5.91 Å². The average Bonchev–Trinajstić information content (AvgIpc) is 2.18. The summed E-state index contributed by atoms with van der Waals surface area (Å²) in [6.07, 6.45) is 1.86. The first kappa shape index (κ1) is 10.8. The number of nitrogens with zero attached hydrogens (tertiary/aromatic N) is 1. The Morgan fingerprint density at radius 3 is 2.62 bits per heavy atom. The van der Waals surface area contributed by atoms with Crippen molar-refractivity contribution in [3.05, 3.63) is 0 Å². The molecule has 1 fully saturated rings. The summed E-state index contributed by atoms with van der Waals surface area (Å²) in [6.45, 7) is 1.09. The Hall–Kier alpha value is -0.280. The van der Waals surface area contributed by atoms with Crippen LogP contribution in [0.3, 0.4) is 0 Å². The Bertz CT molecular complexity index is 236. The van der Waals surface area contributed by atoms with Gasteiger partial charge in [-0.1, -0.05) is 5.92 Å². The van der Waals surface area contributed by atoms with Crippen LogP contribution in [0.25, 0.3) is 0 Å². The molecular formula is C9H12INO2. The molecule has 1 rings (SSSR count). The van der Waals surface area contributed by atoms with Gasteiger partial charge in [0.15, 0.2) is 0 Å². The Labute approximate surface area is 91.6 Å². The number of likely N-dealkylation sites (tertiary alicyclic amines) is 1. The molecule has 0 radical (unpaired) electrons. The highest BCUT2D eigenvalue weighted by Gasteiger charge is 2.20. The van der Waals surface area contributed by atoms with E-state index in [4.69, 9.17) is 5.11 Å². The lowest BCUT2D eigenvalue weighted by Gasteiger charge is -2.29. The standard InChI is InChI=1S/C9H12INO2/c10-4-1-8-2-5-11(6-3-8)9(13)7-12/h8,12H,2-3,5-7H2. The van der Waals surface area contributed by atoms with Crippen LogP contribution in [0.4, 0.5) is 0 Å². The molecule has 1 saturated heterocycles. The fraction of sp³-hybridized carbons (Fsp3) is 0.667. The van der Waals surface area contributed by atoms with Crippen LogP contribution in [0, 0.1) is 15.8 Å². The molecule has 72 valence electrons. The summed E-state index contributed by atoms with van der Waals surface area (Å²) >= 11 is 2.03. The van der Waals surface area contributed by atoms with Gasteiger partial charge in [0, 0.05) is 41.6 Å². The van der Waals surface area contributed by atoms with Gasteiger partial charge >= 0.3 is 0 Å². The fourth-order valence-electron chi connectivity index (χ4n) is 1.45. The van der Waals surface area contributed by atoms with Gasteiger partial charge in [0.05, 0.1) is 0 Å². The first-order valence-corrected chi connectivity index (χ1v) is 5.35. The number of aliphatic hydroxyl groups is 1. The second-order valence-corrected chi connectivity index (χ2v) is 3.59. The van der Waals surface area contributed by atoms with E-state index in [1.54, 1.807) is 4.90 Å². The summed E-state index contributed by atoms with van der Waals surface area (Å²) in [5, 5.41) is 8.64. The molecule has 0 unspecified atom stereocenters. The van der Waals surface area contributed by atoms with Gasteiger partial charge in [-0.3, -0.25) is 4.79 Å². The smallest absolute Gasteiger partial charge is 0.248 e. The Balaban J connectivity index is 2.37. The lowest BCUT2D eigenvalue weighted by atomic mass is 9.98. The molecule has 1 N–H and O–H groups in total. The van der Waals surface area contributed by atoms with Crippen molar-refractivity contribution in [2.45, 2.75) is 12.8 Å². The highest BCUT2D eigenvalue weighted by atomic mass is 127. The van der Waals surface area contributed by atoms with Gasteiger partial charge in [-0.15, -0.1) is 0 Å². The quantitative estimate of drug-likeness (QED) is 0.568. The number of carbonyl (C=O) groups is 1. The van der Waals surface area contributed by atoms with Crippen molar-refractivity contribution in [2.24, 2.45) is 5.92 Å². The van der Waals surface area contributed by atoms with Gasteiger partial charge in [-0.05, 0) is 16.8 Å². The summed E-state index contributed by atoms with van der Waals surface area (Å²) < 4.78 is 2.86. The third kappa shape index (κ3) is 3.16. The maximum Gasteiger partial charge on any atom is 0.248 e. The second kappa shape index (κ2) is 5.45. The van der Waals surface area contributed by atoms with Crippen molar-refractivity contribution in [1.82, 2.24) is 4.90 Å². The minimum absolute atomic E-state index is 0.166. The van der Waals surface area contributed by atoms with Crippen LogP contribution < -0.4 is 0 Å². The van der Waals surface area contributed by atoms with Crippen molar-refractivity contribution in [3.8, 4) is 9.85 Å². The van der Waals surface area contributed by atoms with Gasteiger partial charge in [-0.2, -0.15) is 0 Å². The van der Waals surface area contributed by atoms with Gasteiger partial charge in [0.25, 0.3) is 0 Å². The molecule has 0 atom stereocenters. The first-order valence-electron chi connectivity index (χ1n) is 4.27. The van der Waals surface area contributed by atoms with Crippen molar-refractivity contribution < 1.29 is 9.90 Å². The molecule has 0 spiro atoms. The van der Waals surface area contributed by atoms with Crippen molar-refractivity contribution >= 4 is 28.5 Å². The summed E-state index contributed by atoms with van der Waals surface area (Å²) in [5.74, 6) is 3.36. The van der Waals surface area contributed by atoms with Gasteiger partial charge in [0.1, 0.15) is 6.61 Å². The monoisotopic (exact) mass is 293 g/mol. The number of halogens is 1. The average molecular weight is 293 g/mol. The molecule has 1 aliphatic rings. The molecule has 3 nitrogen and oxygen atoms in total. The molecule has 0 aliphatic carbocycles. The minimum atomic E-state index is -0.372. The molecule has 1 amide bonds. The molecule has 13 heavy (non-hydrogen) atoms. The van der Waals surface area contributed by atoms with Crippen LogP contribution in [0.2, 0.25) is 0 Å². The molecule has 1 aliphatic heterocycles. The van der Waals surface area contributed by atoms with Gasteiger partial charge in [-0.25, -0.2) is 0 Å². The number of rotatable bonds is 1. The first-order chi connectivity index (χ1) is 6.27. The van der Waals surface area contributed by atoms with E-state index in [1.165, 1.54) is 0 Å². The number of amides is 1. The Morgan fingerprint density at radius 1 is 1.54 bits per heavy atom. The third-order valence-corrected chi connectivity index (χ3v) is 2.55. The zero-order valence-corrected chi connectivity index (χ0v) is 9.45. The number of hydrogen-bond acceptors (Lipinski definition) is 2. The topological polar surface area (TPSA) is 40.5 Å². The molecule has 0 aromatic rings. The summed E-state index contributed by atoms with van der Waals surface area (Å²) in [7, 11) is 0. The third-order valence-electron chi connectivity index (χ3n) is 2.24. The lowest BCUT2D eigenvalue weighted by molar-refractivity contribution is -0.135. The van der Waals surface area contributed by atoms with Crippen molar-refractivity contribution in [2.75, 3.05) is 19.7 Å². The summed E-state index contributed by atoms with van der Waals surface area (Å²) in [6, 6.07) is 0. The van der Waals surface area contributed by atoms with Crippen LogP contribution in [-0.4, -0.2) is 35.6 Å². The highest BCUT2D eigenvalue weighted by Crippen LogP contribution is 2.16. The van der Waals surface area contributed by atoms with E-state index < -0.39 is 0 Å². The summed E-state index contributed by atoms with van der Waals surface area (Å²) in [5.41, 5.74) is 0. The van der Waals surface area contributed by atoms with Crippen molar-refractivity contribution in [3.63, 3.8) is 0 Å². The Morgan fingerprint density at radius 2 is 2.15 bits per heavy atom. The van der Waals surface area contributed by atoms with Crippen molar-refractivity contribution in [1.29, 1.82) is 0 Å².